The van der Waals surface area contributed by atoms with Crippen LogP contribution in [0.1, 0.15) is 18.4 Å². The molecule has 0 atom stereocenters. The Bertz CT molecular complexity index is 639. The van der Waals surface area contributed by atoms with Crippen LogP contribution in [0.4, 0.5) is 5.82 Å². The minimum absolute atomic E-state index is 0.220. The third-order valence-electron chi connectivity index (χ3n) is 3.59. The zero-order chi connectivity index (χ0) is 13.2. The molecule has 0 spiro atoms. The minimum atomic E-state index is -0.220. The summed E-state index contributed by atoms with van der Waals surface area (Å²) in [7, 11) is 0. The van der Waals surface area contributed by atoms with Crippen LogP contribution < -0.4 is 4.90 Å². The molecule has 1 fully saturated rings. The number of benzene rings is 1. The van der Waals surface area contributed by atoms with Crippen molar-refractivity contribution in [3.05, 3.63) is 35.9 Å². The Morgan fingerprint density at radius 3 is 2.74 bits per heavy atom. The number of rotatable bonds is 1. The van der Waals surface area contributed by atoms with Crippen LogP contribution in [0, 0.1) is 11.3 Å². The molecule has 0 amide bonds. The first-order valence-corrected chi connectivity index (χ1v) is 6.51. The van der Waals surface area contributed by atoms with Gasteiger partial charge in [0.25, 0.3) is 0 Å². The Kier molecular flexibility index (Phi) is 3.06. The predicted molar refractivity (Wildman–Crippen MR) is 73.9 cm³/mol. The molecule has 1 N–H and O–H groups in total. The van der Waals surface area contributed by atoms with Crippen LogP contribution in [0.2, 0.25) is 0 Å². The van der Waals surface area contributed by atoms with E-state index in [2.05, 4.69) is 16.0 Å². The monoisotopic (exact) mass is 253 g/mol. The maximum Gasteiger partial charge on any atom is 0.147 e. The second-order valence-electron chi connectivity index (χ2n) is 4.88. The summed E-state index contributed by atoms with van der Waals surface area (Å²) < 4.78 is 0. The van der Waals surface area contributed by atoms with E-state index in [1.165, 1.54) is 0 Å². The predicted octanol–water partition coefficient (Wildman–Crippen LogP) is 2.07. The van der Waals surface area contributed by atoms with Gasteiger partial charge >= 0.3 is 0 Å². The number of pyridine rings is 1. The molecule has 0 unspecified atom stereocenters. The van der Waals surface area contributed by atoms with Gasteiger partial charge in [-0.15, -0.1) is 0 Å². The number of hydrogen-bond donors (Lipinski definition) is 1. The number of nitriles is 1. The lowest BCUT2D eigenvalue weighted by Gasteiger charge is -2.31. The SMILES string of the molecule is N#Cc1cc2ccccc2nc1N1CCC(O)CC1. The Balaban J connectivity index is 2.04. The van der Waals surface area contributed by atoms with Gasteiger partial charge in [-0.1, -0.05) is 18.2 Å². The number of aliphatic hydroxyl groups excluding tert-OH is 1. The third kappa shape index (κ3) is 2.25. The van der Waals surface area contributed by atoms with Crippen LogP contribution in [0.15, 0.2) is 30.3 Å². The van der Waals surface area contributed by atoms with Crippen molar-refractivity contribution in [3.8, 4) is 6.07 Å². The molecule has 0 radical (unpaired) electrons. The molecule has 19 heavy (non-hydrogen) atoms. The van der Waals surface area contributed by atoms with E-state index in [0.717, 1.165) is 42.7 Å². The summed E-state index contributed by atoms with van der Waals surface area (Å²) >= 11 is 0. The molecular formula is C15H15N3O. The van der Waals surface area contributed by atoms with E-state index in [0.29, 0.717) is 5.56 Å². The Morgan fingerprint density at radius 1 is 1.26 bits per heavy atom. The van der Waals surface area contributed by atoms with E-state index >= 15 is 0 Å². The fraction of sp³-hybridized carbons (Fsp3) is 0.333. The third-order valence-corrected chi connectivity index (χ3v) is 3.59. The van der Waals surface area contributed by atoms with Crippen molar-refractivity contribution in [1.82, 2.24) is 4.98 Å². The molecule has 2 aromatic rings. The van der Waals surface area contributed by atoms with Crippen LogP contribution in [-0.4, -0.2) is 29.3 Å². The molecule has 1 aromatic heterocycles. The number of fused-ring (bicyclic) bond motifs is 1. The summed E-state index contributed by atoms with van der Waals surface area (Å²) in [4.78, 5) is 6.71. The topological polar surface area (TPSA) is 60.2 Å². The van der Waals surface area contributed by atoms with E-state index in [1.807, 2.05) is 30.3 Å². The zero-order valence-electron chi connectivity index (χ0n) is 10.6. The molecule has 0 bridgehead atoms. The quantitative estimate of drug-likeness (QED) is 0.845. The summed E-state index contributed by atoms with van der Waals surface area (Å²) in [6.45, 7) is 1.50. The fourth-order valence-electron chi connectivity index (χ4n) is 2.51. The highest BCUT2D eigenvalue weighted by Crippen LogP contribution is 2.25. The number of nitrogens with zero attached hydrogens (tertiary/aromatic N) is 3. The van der Waals surface area contributed by atoms with Gasteiger partial charge in [0, 0.05) is 18.5 Å². The van der Waals surface area contributed by atoms with E-state index in [1.54, 1.807) is 0 Å². The van der Waals surface area contributed by atoms with Crippen molar-refractivity contribution >= 4 is 16.7 Å². The fourth-order valence-corrected chi connectivity index (χ4v) is 2.51. The van der Waals surface area contributed by atoms with Gasteiger partial charge in [0.2, 0.25) is 0 Å². The summed E-state index contributed by atoms with van der Waals surface area (Å²) in [6.07, 6.45) is 1.25. The Labute approximate surface area is 111 Å². The normalized spacial score (nSPS) is 16.5. The highest BCUT2D eigenvalue weighted by atomic mass is 16.3. The molecule has 4 nitrogen and oxygen atoms in total. The van der Waals surface area contributed by atoms with E-state index in [9.17, 15) is 10.4 Å². The van der Waals surface area contributed by atoms with Crippen molar-refractivity contribution in [2.45, 2.75) is 18.9 Å². The van der Waals surface area contributed by atoms with Gasteiger partial charge in [-0.25, -0.2) is 4.98 Å². The molecule has 1 aromatic carbocycles. The summed E-state index contributed by atoms with van der Waals surface area (Å²) in [6, 6.07) is 11.9. The molecule has 0 saturated carbocycles. The van der Waals surface area contributed by atoms with Crippen LogP contribution in [0.25, 0.3) is 10.9 Å². The molecule has 96 valence electrons. The van der Waals surface area contributed by atoms with Gasteiger partial charge < -0.3 is 10.0 Å². The van der Waals surface area contributed by atoms with Crippen LogP contribution in [0.5, 0.6) is 0 Å². The molecule has 4 heteroatoms. The molecule has 1 aliphatic rings. The smallest absolute Gasteiger partial charge is 0.147 e. The number of hydrogen-bond acceptors (Lipinski definition) is 4. The van der Waals surface area contributed by atoms with Gasteiger partial charge in [0.1, 0.15) is 11.9 Å². The molecular weight excluding hydrogens is 238 g/mol. The molecule has 0 aliphatic carbocycles. The van der Waals surface area contributed by atoms with Crippen molar-refractivity contribution in [2.24, 2.45) is 0 Å². The van der Waals surface area contributed by atoms with Crippen molar-refractivity contribution in [1.29, 1.82) is 5.26 Å². The van der Waals surface area contributed by atoms with E-state index in [4.69, 9.17) is 0 Å². The highest BCUT2D eigenvalue weighted by molar-refractivity contribution is 5.83. The first-order chi connectivity index (χ1) is 9.28. The van der Waals surface area contributed by atoms with E-state index in [-0.39, 0.29) is 6.10 Å². The number of aliphatic hydroxyl groups is 1. The van der Waals surface area contributed by atoms with Crippen molar-refractivity contribution in [3.63, 3.8) is 0 Å². The Hall–Kier alpha value is -2.12. The Morgan fingerprint density at radius 2 is 2.00 bits per heavy atom. The molecule has 1 aliphatic heterocycles. The van der Waals surface area contributed by atoms with Gasteiger partial charge in [-0.3, -0.25) is 0 Å². The van der Waals surface area contributed by atoms with Gasteiger partial charge in [0.05, 0.1) is 17.2 Å². The first-order valence-electron chi connectivity index (χ1n) is 6.51. The number of para-hydroxylation sites is 1. The number of piperidine rings is 1. The number of anilines is 1. The average Bonchev–Trinajstić information content (AvgIpc) is 2.46. The lowest BCUT2D eigenvalue weighted by atomic mass is 10.1. The zero-order valence-corrected chi connectivity index (χ0v) is 10.6. The highest BCUT2D eigenvalue weighted by Gasteiger charge is 2.20. The van der Waals surface area contributed by atoms with Crippen LogP contribution >= 0.6 is 0 Å². The van der Waals surface area contributed by atoms with Gasteiger partial charge in [-0.05, 0) is 25.0 Å². The summed E-state index contributed by atoms with van der Waals surface area (Å²) in [5, 5.41) is 19.8. The largest absolute Gasteiger partial charge is 0.393 e. The van der Waals surface area contributed by atoms with Crippen molar-refractivity contribution in [2.75, 3.05) is 18.0 Å². The van der Waals surface area contributed by atoms with Crippen molar-refractivity contribution < 1.29 is 5.11 Å². The maximum atomic E-state index is 9.56. The lowest BCUT2D eigenvalue weighted by molar-refractivity contribution is 0.145. The minimum Gasteiger partial charge on any atom is -0.393 e. The van der Waals surface area contributed by atoms with Gasteiger partial charge in [-0.2, -0.15) is 5.26 Å². The summed E-state index contributed by atoms with van der Waals surface area (Å²) in [5.41, 5.74) is 1.51. The first kappa shape index (κ1) is 11.9. The lowest BCUT2D eigenvalue weighted by Crippen LogP contribution is -2.36. The molecule has 1 saturated heterocycles. The molecule has 2 heterocycles. The van der Waals surface area contributed by atoms with Crippen LogP contribution in [0.3, 0.4) is 0 Å². The maximum absolute atomic E-state index is 9.56. The standard InChI is InChI=1S/C15H15N3O/c16-10-12-9-11-3-1-2-4-14(11)17-15(12)18-7-5-13(19)6-8-18/h1-4,9,13,19H,5-8H2. The summed E-state index contributed by atoms with van der Waals surface area (Å²) in [5.74, 6) is 0.744. The average molecular weight is 253 g/mol. The van der Waals surface area contributed by atoms with Crippen LogP contribution in [-0.2, 0) is 0 Å². The van der Waals surface area contributed by atoms with Gasteiger partial charge in [0.15, 0.2) is 0 Å². The molecule has 3 rings (SSSR count). The number of aromatic nitrogens is 1. The van der Waals surface area contributed by atoms with E-state index < -0.39 is 0 Å². The second-order valence-corrected chi connectivity index (χ2v) is 4.88. The second kappa shape index (κ2) is 4.87.